The summed E-state index contributed by atoms with van der Waals surface area (Å²) in [5.41, 5.74) is 4.99. The Morgan fingerprint density at radius 2 is 1.52 bits per heavy atom. The van der Waals surface area contributed by atoms with Gasteiger partial charge in [0.05, 0.1) is 16.6 Å². The average Bonchev–Trinajstić information content (AvgIpc) is 2.98. The number of nitrogens with zero attached hydrogens (tertiary/aromatic N) is 1. The molecular weight excluding hydrogens is 348 g/mol. The minimum Gasteiger partial charge on any atom is -0.481 e. The number of amides is 3. The lowest BCUT2D eigenvalue weighted by atomic mass is 10.3. The number of aromatic nitrogens is 1. The Kier molecular flexibility index (Phi) is 6.40. The van der Waals surface area contributed by atoms with Gasteiger partial charge in [-0.25, -0.2) is 4.98 Å². The number of hydrogen-bond donors (Lipinski definition) is 4. The second-order valence-electron chi connectivity index (χ2n) is 5.03. The van der Waals surface area contributed by atoms with Crippen molar-refractivity contribution in [2.75, 3.05) is 5.32 Å². The highest BCUT2D eigenvalue weighted by molar-refractivity contribution is 7.22. The Hall–Kier alpha value is -3.01. The van der Waals surface area contributed by atoms with E-state index in [1.54, 1.807) is 0 Å². The Morgan fingerprint density at radius 3 is 2.16 bits per heavy atom. The summed E-state index contributed by atoms with van der Waals surface area (Å²) in [7, 11) is 0. The molecule has 3 amide bonds. The van der Waals surface area contributed by atoms with E-state index in [0.717, 1.165) is 10.2 Å². The topological polar surface area (TPSA) is 137 Å². The summed E-state index contributed by atoms with van der Waals surface area (Å²) < 4.78 is 0.944. The fourth-order valence-electron chi connectivity index (χ4n) is 1.82. The predicted octanol–water partition coefficient (Wildman–Crippen LogP) is 1.03. The number of benzene rings is 1. The predicted molar refractivity (Wildman–Crippen MR) is 90.6 cm³/mol. The van der Waals surface area contributed by atoms with Crippen molar-refractivity contribution in [2.24, 2.45) is 0 Å². The number of carboxylic acids is 1. The van der Waals surface area contributed by atoms with Crippen LogP contribution in [0, 0.1) is 0 Å². The maximum Gasteiger partial charge on any atom is 0.303 e. The summed E-state index contributed by atoms with van der Waals surface area (Å²) in [6.45, 7) is 0. The van der Waals surface area contributed by atoms with Crippen molar-refractivity contribution in [3.63, 3.8) is 0 Å². The van der Waals surface area contributed by atoms with E-state index >= 15 is 0 Å². The normalized spacial score (nSPS) is 10.2. The van der Waals surface area contributed by atoms with Gasteiger partial charge in [-0.15, -0.1) is 0 Å². The van der Waals surface area contributed by atoms with E-state index < -0.39 is 17.8 Å². The van der Waals surface area contributed by atoms with Crippen LogP contribution in [0.1, 0.15) is 25.7 Å². The number of fused-ring (bicyclic) bond motifs is 1. The van der Waals surface area contributed by atoms with E-state index in [-0.39, 0.29) is 31.6 Å². The molecule has 2 rings (SSSR count). The molecule has 0 aliphatic rings. The summed E-state index contributed by atoms with van der Waals surface area (Å²) in [5, 5.41) is 11.5. The molecule has 0 aliphatic heterocycles. The second-order valence-corrected chi connectivity index (χ2v) is 6.06. The highest BCUT2D eigenvalue weighted by atomic mass is 32.1. The maximum absolute atomic E-state index is 11.8. The van der Waals surface area contributed by atoms with Gasteiger partial charge in [-0.2, -0.15) is 0 Å². The highest BCUT2D eigenvalue weighted by Crippen LogP contribution is 2.25. The van der Waals surface area contributed by atoms with Gasteiger partial charge in [-0.1, -0.05) is 23.5 Å². The van der Waals surface area contributed by atoms with Crippen LogP contribution in [-0.4, -0.2) is 33.8 Å². The van der Waals surface area contributed by atoms with Crippen LogP contribution in [0.3, 0.4) is 0 Å². The third-order valence-electron chi connectivity index (χ3n) is 3.03. The molecule has 0 saturated carbocycles. The Labute approximate surface area is 146 Å². The SMILES string of the molecule is O=C(O)CCC(=O)NNC(=O)CCC(=O)Nc1nc2ccccc2s1. The zero-order chi connectivity index (χ0) is 18.2. The fourth-order valence-corrected chi connectivity index (χ4v) is 2.70. The van der Waals surface area contributed by atoms with Gasteiger partial charge in [0.15, 0.2) is 5.13 Å². The third-order valence-corrected chi connectivity index (χ3v) is 3.98. The molecule has 9 nitrogen and oxygen atoms in total. The minimum absolute atomic E-state index is 0.0766. The van der Waals surface area contributed by atoms with E-state index in [0.29, 0.717) is 5.13 Å². The van der Waals surface area contributed by atoms with Crippen molar-refractivity contribution in [3.8, 4) is 0 Å². The lowest BCUT2D eigenvalue weighted by Crippen LogP contribution is -2.41. The van der Waals surface area contributed by atoms with Crippen molar-refractivity contribution in [1.29, 1.82) is 0 Å². The second kappa shape index (κ2) is 8.73. The molecule has 25 heavy (non-hydrogen) atoms. The number of hydrazine groups is 1. The molecule has 0 fully saturated rings. The summed E-state index contributed by atoms with van der Waals surface area (Å²) >= 11 is 1.33. The van der Waals surface area contributed by atoms with Gasteiger partial charge in [0.25, 0.3) is 0 Å². The standard InChI is InChI=1S/C15H16N4O5S/c20-11(17-15-16-9-3-1-2-4-10(9)25-15)5-6-12(21)18-19-13(22)7-8-14(23)24/h1-4H,5-8H2,(H,18,21)(H,19,22)(H,23,24)(H,16,17,20). The van der Waals surface area contributed by atoms with Crippen molar-refractivity contribution in [3.05, 3.63) is 24.3 Å². The first kappa shape index (κ1) is 18.3. The van der Waals surface area contributed by atoms with Crippen LogP contribution in [0.5, 0.6) is 0 Å². The van der Waals surface area contributed by atoms with Gasteiger partial charge in [-0.3, -0.25) is 30.0 Å². The highest BCUT2D eigenvalue weighted by Gasteiger charge is 2.11. The molecule has 0 radical (unpaired) electrons. The number of carboxylic acid groups (broad SMARTS) is 1. The largest absolute Gasteiger partial charge is 0.481 e. The first-order valence-corrected chi connectivity index (χ1v) is 8.20. The number of rotatable bonds is 7. The van der Waals surface area contributed by atoms with Gasteiger partial charge in [0, 0.05) is 19.3 Å². The van der Waals surface area contributed by atoms with Crippen molar-refractivity contribution in [2.45, 2.75) is 25.7 Å². The molecule has 132 valence electrons. The zero-order valence-electron chi connectivity index (χ0n) is 13.1. The quantitative estimate of drug-likeness (QED) is 0.541. The molecule has 0 saturated heterocycles. The van der Waals surface area contributed by atoms with Gasteiger partial charge >= 0.3 is 5.97 Å². The lowest BCUT2D eigenvalue weighted by molar-refractivity contribution is -0.139. The monoisotopic (exact) mass is 364 g/mol. The van der Waals surface area contributed by atoms with Gasteiger partial charge < -0.3 is 10.4 Å². The number of para-hydroxylation sites is 1. The van der Waals surface area contributed by atoms with Crippen LogP contribution in [0.25, 0.3) is 10.2 Å². The maximum atomic E-state index is 11.8. The molecule has 0 spiro atoms. The number of aliphatic carboxylic acids is 1. The molecule has 0 atom stereocenters. The molecule has 10 heteroatoms. The molecule has 1 aromatic heterocycles. The Balaban J connectivity index is 1.69. The summed E-state index contributed by atoms with van der Waals surface area (Å²) in [5.74, 6) is -2.64. The molecule has 0 bridgehead atoms. The van der Waals surface area contributed by atoms with Crippen molar-refractivity contribution >= 4 is 50.4 Å². The summed E-state index contributed by atoms with van der Waals surface area (Å²) in [6.07, 6.45) is -0.775. The van der Waals surface area contributed by atoms with E-state index in [1.807, 2.05) is 24.3 Å². The van der Waals surface area contributed by atoms with Crippen LogP contribution in [0.4, 0.5) is 5.13 Å². The van der Waals surface area contributed by atoms with E-state index in [2.05, 4.69) is 21.2 Å². The van der Waals surface area contributed by atoms with Crippen molar-refractivity contribution < 1.29 is 24.3 Å². The van der Waals surface area contributed by atoms with E-state index in [1.165, 1.54) is 11.3 Å². The van der Waals surface area contributed by atoms with Crippen LogP contribution in [0.2, 0.25) is 0 Å². The van der Waals surface area contributed by atoms with Crippen LogP contribution in [-0.2, 0) is 19.2 Å². The summed E-state index contributed by atoms with van der Waals surface area (Å²) in [6, 6.07) is 7.45. The fraction of sp³-hybridized carbons (Fsp3) is 0.267. The number of carbonyl (C=O) groups is 4. The number of nitrogens with one attached hydrogen (secondary N) is 3. The average molecular weight is 364 g/mol. The van der Waals surface area contributed by atoms with Gasteiger partial charge in [0.1, 0.15) is 0 Å². The van der Waals surface area contributed by atoms with Crippen molar-refractivity contribution in [1.82, 2.24) is 15.8 Å². The molecular formula is C15H16N4O5S. The molecule has 1 heterocycles. The number of anilines is 1. The summed E-state index contributed by atoms with van der Waals surface area (Å²) in [4.78, 5) is 49.2. The molecule has 0 aliphatic carbocycles. The molecule has 1 aromatic carbocycles. The lowest BCUT2D eigenvalue weighted by Gasteiger charge is -2.06. The van der Waals surface area contributed by atoms with Gasteiger partial charge in [0.2, 0.25) is 17.7 Å². The van der Waals surface area contributed by atoms with Crippen LogP contribution in [0.15, 0.2) is 24.3 Å². The Morgan fingerprint density at radius 1 is 0.920 bits per heavy atom. The first-order chi connectivity index (χ1) is 11.9. The number of carbonyl (C=O) groups excluding carboxylic acids is 3. The molecule has 4 N–H and O–H groups in total. The van der Waals surface area contributed by atoms with Crippen LogP contribution >= 0.6 is 11.3 Å². The number of hydrogen-bond acceptors (Lipinski definition) is 6. The first-order valence-electron chi connectivity index (χ1n) is 7.39. The number of thiazole rings is 1. The smallest absolute Gasteiger partial charge is 0.303 e. The minimum atomic E-state index is -1.10. The Bertz CT molecular complexity index is 771. The van der Waals surface area contributed by atoms with E-state index in [9.17, 15) is 19.2 Å². The zero-order valence-corrected chi connectivity index (χ0v) is 13.9. The van der Waals surface area contributed by atoms with Gasteiger partial charge in [-0.05, 0) is 12.1 Å². The third kappa shape index (κ3) is 6.18. The van der Waals surface area contributed by atoms with Crippen LogP contribution < -0.4 is 16.2 Å². The van der Waals surface area contributed by atoms with E-state index in [4.69, 9.17) is 5.11 Å². The molecule has 2 aromatic rings. The molecule has 0 unspecified atom stereocenters.